The third-order valence-corrected chi connectivity index (χ3v) is 7.41. The molecule has 1 amide bonds. The Balaban J connectivity index is 1.55. The molecule has 1 aliphatic heterocycles. The zero-order valence-corrected chi connectivity index (χ0v) is 21.2. The van der Waals surface area contributed by atoms with Crippen LogP contribution in [0.5, 0.6) is 0 Å². The van der Waals surface area contributed by atoms with Crippen molar-refractivity contribution in [2.24, 2.45) is 5.92 Å². The lowest BCUT2D eigenvalue weighted by molar-refractivity contribution is -0.127. The highest BCUT2D eigenvalue weighted by Crippen LogP contribution is 2.33. The number of thioether (sulfide) groups is 1. The molecule has 4 aromatic rings. The van der Waals surface area contributed by atoms with E-state index in [2.05, 4.69) is 52.9 Å². The van der Waals surface area contributed by atoms with Gasteiger partial charge in [-0.2, -0.15) is 0 Å². The molecule has 1 aliphatic rings. The Morgan fingerprint density at radius 1 is 1.00 bits per heavy atom. The Labute approximate surface area is 210 Å². The van der Waals surface area contributed by atoms with Crippen LogP contribution in [-0.4, -0.2) is 49.4 Å². The molecule has 7 heteroatoms. The van der Waals surface area contributed by atoms with Gasteiger partial charge in [0.05, 0.1) is 17.0 Å². The second-order valence-electron chi connectivity index (χ2n) is 9.46. The summed E-state index contributed by atoms with van der Waals surface area (Å²) in [4.78, 5) is 19.6. The van der Waals surface area contributed by atoms with E-state index in [9.17, 15) is 4.79 Å². The van der Waals surface area contributed by atoms with E-state index in [4.69, 9.17) is 4.98 Å². The van der Waals surface area contributed by atoms with Gasteiger partial charge < -0.3 is 9.47 Å². The largest absolute Gasteiger partial charge is 0.342 e. The van der Waals surface area contributed by atoms with Gasteiger partial charge in [-0.25, -0.2) is 4.98 Å². The number of hydrogen-bond acceptors (Lipinski definition) is 5. The Bertz CT molecular complexity index is 1310. The third-order valence-electron chi connectivity index (χ3n) is 6.46. The SMILES string of the molecule is CC(C)CCn1c(SCC(=O)N2CCCC2)nnc1-c1cc(-c2ccccc2)nc2ccccc12. The van der Waals surface area contributed by atoms with Crippen LogP contribution in [0.2, 0.25) is 0 Å². The van der Waals surface area contributed by atoms with Gasteiger partial charge in [-0.15, -0.1) is 10.2 Å². The van der Waals surface area contributed by atoms with Crippen molar-refractivity contribution in [3.05, 3.63) is 60.7 Å². The van der Waals surface area contributed by atoms with E-state index in [1.807, 2.05) is 41.3 Å². The molecule has 0 spiro atoms. The number of pyridine rings is 1. The van der Waals surface area contributed by atoms with Gasteiger partial charge in [0.1, 0.15) is 0 Å². The molecule has 6 nitrogen and oxygen atoms in total. The number of nitrogens with zero attached hydrogens (tertiary/aromatic N) is 5. The Kier molecular flexibility index (Phi) is 7.13. The van der Waals surface area contributed by atoms with Crippen LogP contribution in [0.4, 0.5) is 0 Å². The molecular formula is C28H31N5OS. The molecule has 0 atom stereocenters. The van der Waals surface area contributed by atoms with Gasteiger partial charge in [0.15, 0.2) is 11.0 Å². The second kappa shape index (κ2) is 10.6. The highest BCUT2D eigenvalue weighted by atomic mass is 32.2. The van der Waals surface area contributed by atoms with E-state index in [1.54, 1.807) is 0 Å². The molecule has 3 heterocycles. The quantitative estimate of drug-likeness (QED) is 0.290. The number of aromatic nitrogens is 4. The normalized spacial score (nSPS) is 13.7. The molecule has 0 unspecified atom stereocenters. The maximum Gasteiger partial charge on any atom is 0.233 e. The maximum atomic E-state index is 12.7. The number of para-hydroxylation sites is 1. The molecule has 0 N–H and O–H groups in total. The number of fused-ring (bicyclic) bond motifs is 1. The summed E-state index contributed by atoms with van der Waals surface area (Å²) in [5.74, 6) is 1.96. The first kappa shape index (κ1) is 23.5. The summed E-state index contributed by atoms with van der Waals surface area (Å²) in [6.45, 7) is 7.00. The van der Waals surface area contributed by atoms with Crippen LogP contribution in [0.3, 0.4) is 0 Å². The first-order chi connectivity index (χ1) is 17.1. The average Bonchev–Trinajstić information content (AvgIpc) is 3.56. The summed E-state index contributed by atoms with van der Waals surface area (Å²) >= 11 is 1.50. The van der Waals surface area contributed by atoms with Crippen LogP contribution >= 0.6 is 11.8 Å². The van der Waals surface area contributed by atoms with Crippen molar-refractivity contribution in [1.29, 1.82) is 0 Å². The molecule has 0 saturated carbocycles. The van der Waals surface area contributed by atoms with E-state index in [0.717, 1.165) is 77.6 Å². The zero-order chi connectivity index (χ0) is 24.2. The molecule has 35 heavy (non-hydrogen) atoms. The molecule has 0 radical (unpaired) electrons. The summed E-state index contributed by atoms with van der Waals surface area (Å²) in [5.41, 5.74) is 3.93. The monoisotopic (exact) mass is 485 g/mol. The number of likely N-dealkylation sites (tertiary alicyclic amines) is 1. The van der Waals surface area contributed by atoms with Crippen LogP contribution in [0, 0.1) is 5.92 Å². The Morgan fingerprint density at radius 2 is 1.74 bits per heavy atom. The van der Waals surface area contributed by atoms with E-state index >= 15 is 0 Å². The van der Waals surface area contributed by atoms with Gasteiger partial charge >= 0.3 is 0 Å². The number of amides is 1. The van der Waals surface area contributed by atoms with Gasteiger partial charge in [0.25, 0.3) is 0 Å². The fourth-order valence-corrected chi connectivity index (χ4v) is 5.35. The minimum Gasteiger partial charge on any atom is -0.342 e. The zero-order valence-electron chi connectivity index (χ0n) is 20.4. The lowest BCUT2D eigenvalue weighted by Gasteiger charge is -2.16. The number of carbonyl (C=O) groups excluding carboxylic acids is 1. The standard InChI is InChI=1S/C28H31N5OS/c1-20(2)14-17-33-27(30-31-28(33)35-19-26(34)32-15-8-9-16-32)23-18-25(21-10-4-3-5-11-21)29-24-13-7-6-12-22(23)24/h3-7,10-13,18,20H,8-9,14-17,19H2,1-2H3. The molecular weight excluding hydrogens is 454 g/mol. The second-order valence-corrected chi connectivity index (χ2v) is 10.4. The van der Waals surface area contributed by atoms with Crippen LogP contribution in [-0.2, 0) is 11.3 Å². The smallest absolute Gasteiger partial charge is 0.233 e. The number of hydrogen-bond donors (Lipinski definition) is 0. The van der Waals surface area contributed by atoms with E-state index in [1.165, 1.54) is 11.8 Å². The maximum absolute atomic E-state index is 12.7. The van der Waals surface area contributed by atoms with Crippen LogP contribution in [0.1, 0.15) is 33.1 Å². The van der Waals surface area contributed by atoms with Gasteiger partial charge in [-0.3, -0.25) is 4.79 Å². The Morgan fingerprint density at radius 3 is 2.51 bits per heavy atom. The van der Waals surface area contributed by atoms with Gasteiger partial charge in [-0.1, -0.05) is 74.1 Å². The van der Waals surface area contributed by atoms with Crippen molar-refractivity contribution in [2.45, 2.75) is 44.8 Å². The minimum absolute atomic E-state index is 0.188. The summed E-state index contributed by atoms with van der Waals surface area (Å²) in [6, 6.07) is 20.6. The van der Waals surface area contributed by atoms with Gasteiger partial charge in [0, 0.05) is 36.1 Å². The average molecular weight is 486 g/mol. The first-order valence-electron chi connectivity index (χ1n) is 12.4. The van der Waals surface area contributed by atoms with Crippen LogP contribution in [0.25, 0.3) is 33.5 Å². The van der Waals surface area contributed by atoms with Crippen molar-refractivity contribution in [3.8, 4) is 22.6 Å². The fourth-order valence-electron chi connectivity index (χ4n) is 4.48. The van der Waals surface area contributed by atoms with Crippen molar-refractivity contribution in [3.63, 3.8) is 0 Å². The number of benzene rings is 2. The molecule has 0 aliphatic carbocycles. The summed E-state index contributed by atoms with van der Waals surface area (Å²) in [6.07, 6.45) is 3.21. The highest BCUT2D eigenvalue weighted by molar-refractivity contribution is 7.99. The third kappa shape index (κ3) is 5.25. The fraction of sp³-hybridized carbons (Fsp3) is 0.357. The van der Waals surface area contributed by atoms with Crippen molar-refractivity contribution < 1.29 is 4.79 Å². The predicted molar refractivity (Wildman–Crippen MR) is 142 cm³/mol. The van der Waals surface area contributed by atoms with E-state index < -0.39 is 0 Å². The van der Waals surface area contributed by atoms with Crippen LogP contribution < -0.4 is 0 Å². The highest BCUT2D eigenvalue weighted by Gasteiger charge is 2.22. The van der Waals surface area contributed by atoms with Gasteiger partial charge in [-0.05, 0) is 37.3 Å². The predicted octanol–water partition coefficient (Wildman–Crippen LogP) is 5.92. The van der Waals surface area contributed by atoms with E-state index in [-0.39, 0.29) is 5.91 Å². The van der Waals surface area contributed by atoms with Gasteiger partial charge in [0.2, 0.25) is 5.91 Å². The molecule has 5 rings (SSSR count). The number of carbonyl (C=O) groups is 1. The van der Waals surface area contributed by atoms with Crippen molar-refractivity contribution >= 4 is 28.6 Å². The molecule has 2 aromatic carbocycles. The molecule has 1 saturated heterocycles. The van der Waals surface area contributed by atoms with Crippen molar-refractivity contribution in [2.75, 3.05) is 18.8 Å². The first-order valence-corrected chi connectivity index (χ1v) is 13.4. The van der Waals surface area contributed by atoms with Crippen LogP contribution in [0.15, 0.2) is 65.8 Å². The molecule has 2 aromatic heterocycles. The lowest BCUT2D eigenvalue weighted by atomic mass is 10.0. The summed E-state index contributed by atoms with van der Waals surface area (Å²) < 4.78 is 2.19. The molecule has 1 fully saturated rings. The number of rotatable bonds is 8. The lowest BCUT2D eigenvalue weighted by Crippen LogP contribution is -2.29. The topological polar surface area (TPSA) is 63.9 Å². The molecule has 0 bridgehead atoms. The summed E-state index contributed by atoms with van der Waals surface area (Å²) in [7, 11) is 0. The van der Waals surface area contributed by atoms with Crippen molar-refractivity contribution in [1.82, 2.24) is 24.6 Å². The minimum atomic E-state index is 0.188. The molecule has 180 valence electrons. The summed E-state index contributed by atoms with van der Waals surface area (Å²) in [5, 5.41) is 11.1. The van der Waals surface area contributed by atoms with E-state index in [0.29, 0.717) is 11.7 Å². The Hall–Kier alpha value is -3.19.